The number of hydrogen-bond donors (Lipinski definition) is 0. The lowest BCUT2D eigenvalue weighted by Crippen LogP contribution is -2.18. The Bertz CT molecular complexity index is 424. The summed E-state index contributed by atoms with van der Waals surface area (Å²) in [6.45, 7) is 5.07. The van der Waals surface area contributed by atoms with Crippen LogP contribution in [0, 0.1) is 0 Å². The summed E-state index contributed by atoms with van der Waals surface area (Å²) in [6.07, 6.45) is 2.33. The molecule has 0 aromatic heterocycles. The molecule has 0 bridgehead atoms. The third-order valence-corrected chi connectivity index (χ3v) is 3.55. The zero-order valence-electron chi connectivity index (χ0n) is 9.55. The number of benzene rings is 1. The fourth-order valence-corrected chi connectivity index (χ4v) is 2.62. The summed E-state index contributed by atoms with van der Waals surface area (Å²) in [4.78, 5) is 10.4. The number of ether oxygens (including phenoxy) is 1. The molecule has 86 valence electrons. The predicted molar refractivity (Wildman–Crippen MR) is 67.0 cm³/mol. The zero-order chi connectivity index (χ0) is 11.8. The van der Waals surface area contributed by atoms with Gasteiger partial charge < -0.3 is 9.53 Å². The number of aryl methyl sites for hydroxylation is 1. The minimum Gasteiger partial charge on any atom is -0.491 e. The van der Waals surface area contributed by atoms with E-state index in [0.29, 0.717) is 6.42 Å². The van der Waals surface area contributed by atoms with Gasteiger partial charge in [-0.2, -0.15) is 0 Å². The maximum absolute atomic E-state index is 10.4. The molecule has 1 heterocycles. The van der Waals surface area contributed by atoms with E-state index in [1.807, 2.05) is 6.07 Å². The minimum atomic E-state index is 0.0645. The fraction of sp³-hybridized carbons (Fsp3) is 0.462. The maximum atomic E-state index is 10.4. The van der Waals surface area contributed by atoms with Gasteiger partial charge in [-0.1, -0.05) is 19.9 Å². The normalized spacial score (nSPS) is 16.7. The molecule has 1 aliphatic rings. The molecular formula is C13H15BrO2. The predicted octanol–water partition coefficient (Wildman–Crippen LogP) is 3.25. The average Bonchev–Trinajstić information content (AvgIpc) is 2.53. The minimum absolute atomic E-state index is 0.0645. The van der Waals surface area contributed by atoms with Gasteiger partial charge in [0.05, 0.1) is 11.1 Å². The molecule has 0 saturated carbocycles. The first-order chi connectivity index (χ1) is 7.54. The molecule has 0 amide bonds. The van der Waals surface area contributed by atoms with Crippen LogP contribution in [0.5, 0.6) is 5.75 Å². The van der Waals surface area contributed by atoms with E-state index in [9.17, 15) is 4.79 Å². The molecule has 3 heteroatoms. The van der Waals surface area contributed by atoms with Crippen LogP contribution in [0.25, 0.3) is 0 Å². The second-order valence-corrected chi connectivity index (χ2v) is 5.69. The van der Waals surface area contributed by atoms with Gasteiger partial charge in [0.1, 0.15) is 12.0 Å². The average molecular weight is 283 g/mol. The summed E-state index contributed by atoms with van der Waals surface area (Å²) in [6, 6.07) is 4.21. The van der Waals surface area contributed by atoms with Crippen molar-refractivity contribution in [1.29, 1.82) is 0 Å². The molecule has 2 nitrogen and oxygen atoms in total. The highest BCUT2D eigenvalue weighted by atomic mass is 79.9. The topological polar surface area (TPSA) is 26.3 Å². The Kier molecular flexibility index (Phi) is 3.06. The van der Waals surface area contributed by atoms with Gasteiger partial charge in [-0.3, -0.25) is 0 Å². The van der Waals surface area contributed by atoms with Crippen LogP contribution in [0.1, 0.15) is 31.4 Å². The molecule has 0 spiro atoms. The Morgan fingerprint density at radius 3 is 2.94 bits per heavy atom. The van der Waals surface area contributed by atoms with Gasteiger partial charge in [0.25, 0.3) is 0 Å². The summed E-state index contributed by atoms with van der Waals surface area (Å²) >= 11 is 3.53. The Morgan fingerprint density at radius 2 is 2.25 bits per heavy atom. The quantitative estimate of drug-likeness (QED) is 0.796. The number of hydrogen-bond acceptors (Lipinski definition) is 2. The lowest BCUT2D eigenvalue weighted by molar-refractivity contribution is -0.107. The molecular weight excluding hydrogens is 268 g/mol. The molecule has 0 atom stereocenters. The van der Waals surface area contributed by atoms with E-state index >= 15 is 0 Å². The number of aldehydes is 1. The molecule has 1 aromatic carbocycles. The number of fused-ring (bicyclic) bond motifs is 1. The fourth-order valence-electron chi connectivity index (χ4n) is 2.00. The molecule has 1 aliphatic heterocycles. The van der Waals surface area contributed by atoms with E-state index in [1.165, 1.54) is 11.1 Å². The third-order valence-electron chi connectivity index (χ3n) is 2.96. The molecule has 2 rings (SSSR count). The molecule has 16 heavy (non-hydrogen) atoms. The van der Waals surface area contributed by atoms with E-state index in [1.54, 1.807) is 0 Å². The highest BCUT2D eigenvalue weighted by Crippen LogP contribution is 2.43. The summed E-state index contributed by atoms with van der Waals surface area (Å²) in [5.74, 6) is 0.958. The van der Waals surface area contributed by atoms with Crippen LogP contribution in [0.4, 0.5) is 0 Å². The van der Waals surface area contributed by atoms with Crippen molar-refractivity contribution in [3.8, 4) is 5.75 Å². The van der Waals surface area contributed by atoms with Crippen LogP contribution < -0.4 is 4.74 Å². The Hall–Kier alpha value is -0.830. The van der Waals surface area contributed by atoms with Gasteiger partial charge in [-0.15, -0.1) is 0 Å². The largest absolute Gasteiger partial charge is 0.491 e. The summed E-state index contributed by atoms with van der Waals surface area (Å²) in [5.41, 5.74) is 2.49. The van der Waals surface area contributed by atoms with Gasteiger partial charge in [0, 0.05) is 17.4 Å². The highest BCUT2D eigenvalue weighted by Gasteiger charge is 2.33. The molecule has 0 unspecified atom stereocenters. The van der Waals surface area contributed by atoms with Crippen molar-refractivity contribution in [2.45, 2.75) is 32.1 Å². The van der Waals surface area contributed by atoms with Gasteiger partial charge in [0.2, 0.25) is 0 Å². The van der Waals surface area contributed by atoms with E-state index in [-0.39, 0.29) is 5.41 Å². The van der Waals surface area contributed by atoms with Gasteiger partial charge in [0.15, 0.2) is 0 Å². The zero-order valence-corrected chi connectivity index (χ0v) is 11.1. The number of halogens is 1. The van der Waals surface area contributed by atoms with Crippen LogP contribution in [-0.4, -0.2) is 12.9 Å². The van der Waals surface area contributed by atoms with Crippen molar-refractivity contribution in [2.24, 2.45) is 0 Å². The first-order valence-electron chi connectivity index (χ1n) is 5.44. The summed E-state index contributed by atoms with van der Waals surface area (Å²) < 4.78 is 6.68. The van der Waals surface area contributed by atoms with Crippen LogP contribution in [-0.2, 0) is 16.6 Å². The van der Waals surface area contributed by atoms with E-state index < -0.39 is 0 Å². The second kappa shape index (κ2) is 4.21. The lowest BCUT2D eigenvalue weighted by Gasteiger charge is -2.16. The van der Waals surface area contributed by atoms with Crippen molar-refractivity contribution in [3.05, 3.63) is 27.7 Å². The monoisotopic (exact) mass is 282 g/mol. The molecule has 0 radical (unpaired) electrons. The molecule has 1 aromatic rings. The first kappa shape index (κ1) is 11.6. The van der Waals surface area contributed by atoms with Crippen molar-refractivity contribution < 1.29 is 9.53 Å². The lowest BCUT2D eigenvalue weighted by atomic mass is 9.86. The summed E-state index contributed by atoms with van der Waals surface area (Å²) in [7, 11) is 0. The highest BCUT2D eigenvalue weighted by molar-refractivity contribution is 9.10. The van der Waals surface area contributed by atoms with Crippen LogP contribution in [0.15, 0.2) is 16.6 Å². The van der Waals surface area contributed by atoms with Crippen molar-refractivity contribution >= 4 is 22.2 Å². The first-order valence-corrected chi connectivity index (χ1v) is 6.23. The van der Waals surface area contributed by atoms with Gasteiger partial charge in [-0.05, 0) is 34.0 Å². The number of rotatable bonds is 3. The van der Waals surface area contributed by atoms with Crippen molar-refractivity contribution in [3.63, 3.8) is 0 Å². The van der Waals surface area contributed by atoms with Crippen LogP contribution >= 0.6 is 15.9 Å². The Morgan fingerprint density at radius 1 is 1.50 bits per heavy atom. The molecule has 0 fully saturated rings. The maximum Gasteiger partial charge on any atom is 0.137 e. The van der Waals surface area contributed by atoms with E-state index in [4.69, 9.17) is 4.74 Å². The SMILES string of the molecule is CC1(C)COc2c(Br)cc(CCC=O)cc21. The van der Waals surface area contributed by atoms with Crippen LogP contribution in [0.2, 0.25) is 0 Å². The standard InChI is InChI=1S/C13H15BrO2/c1-13(2)8-16-12-10(13)6-9(4-3-5-15)7-11(12)14/h5-7H,3-4,8H2,1-2H3. The van der Waals surface area contributed by atoms with Gasteiger partial charge in [-0.25, -0.2) is 0 Å². The van der Waals surface area contributed by atoms with Crippen molar-refractivity contribution in [1.82, 2.24) is 0 Å². The Balaban J connectivity index is 2.40. The van der Waals surface area contributed by atoms with Gasteiger partial charge >= 0.3 is 0 Å². The smallest absolute Gasteiger partial charge is 0.137 e. The Labute approximate surface area is 104 Å². The van der Waals surface area contributed by atoms with E-state index in [2.05, 4.69) is 35.8 Å². The molecule has 0 N–H and O–H groups in total. The number of carbonyl (C=O) groups is 1. The van der Waals surface area contributed by atoms with Crippen molar-refractivity contribution in [2.75, 3.05) is 6.61 Å². The summed E-state index contributed by atoms with van der Waals surface area (Å²) in [5, 5.41) is 0. The second-order valence-electron chi connectivity index (χ2n) is 4.83. The number of carbonyl (C=O) groups excluding carboxylic acids is 1. The van der Waals surface area contributed by atoms with Crippen LogP contribution in [0.3, 0.4) is 0 Å². The third kappa shape index (κ3) is 2.01. The van der Waals surface area contributed by atoms with E-state index in [0.717, 1.165) is 29.5 Å². The molecule has 0 saturated heterocycles. The molecule has 0 aliphatic carbocycles.